The normalized spacial score (nSPS) is 17.7. The summed E-state index contributed by atoms with van der Waals surface area (Å²) in [5.41, 5.74) is 4.59. The average Bonchev–Trinajstić information content (AvgIpc) is 3.58. The smallest absolute Gasteiger partial charge is 0.242 e. The molecule has 4 aromatic rings. The van der Waals surface area contributed by atoms with E-state index in [1.54, 1.807) is 32.9 Å². The highest BCUT2D eigenvalue weighted by Crippen LogP contribution is 2.49. The molecular formula is C29H27ClN4O3S2. The van der Waals surface area contributed by atoms with Crippen molar-refractivity contribution in [2.24, 2.45) is 0 Å². The van der Waals surface area contributed by atoms with Crippen LogP contribution in [0.4, 0.5) is 5.82 Å². The second-order valence-corrected chi connectivity index (χ2v) is 12.0. The molecule has 7 nitrogen and oxygen atoms in total. The number of aryl methyl sites for hydroxylation is 1. The fourth-order valence-electron chi connectivity index (χ4n) is 5.06. The minimum absolute atomic E-state index is 0.0594. The highest BCUT2D eigenvalue weighted by Gasteiger charge is 2.38. The van der Waals surface area contributed by atoms with Crippen molar-refractivity contribution in [2.75, 3.05) is 43.5 Å². The Kier molecular flexibility index (Phi) is 7.49. The van der Waals surface area contributed by atoms with Gasteiger partial charge in [-0.15, -0.1) is 23.1 Å². The molecule has 0 aliphatic carbocycles. The van der Waals surface area contributed by atoms with Gasteiger partial charge in [0.25, 0.3) is 0 Å². The third-order valence-corrected chi connectivity index (χ3v) is 9.36. The second kappa shape index (κ2) is 11.2. The molecule has 0 saturated carbocycles. The van der Waals surface area contributed by atoms with E-state index in [0.717, 1.165) is 32.9 Å². The summed E-state index contributed by atoms with van der Waals surface area (Å²) < 4.78 is 7.30. The van der Waals surface area contributed by atoms with E-state index in [4.69, 9.17) is 21.4 Å². The van der Waals surface area contributed by atoms with Crippen molar-refractivity contribution in [3.63, 3.8) is 0 Å². The summed E-state index contributed by atoms with van der Waals surface area (Å²) in [4.78, 5) is 31.8. The molecule has 2 amide bonds. The van der Waals surface area contributed by atoms with Crippen molar-refractivity contribution in [1.29, 1.82) is 0 Å². The molecule has 4 heterocycles. The van der Waals surface area contributed by atoms with Gasteiger partial charge in [-0.1, -0.05) is 48.0 Å². The van der Waals surface area contributed by atoms with Crippen LogP contribution in [0.5, 0.6) is 0 Å². The number of carbonyl (C=O) groups excluding carboxylic acids is 2. The number of halogens is 1. The number of fused-ring (bicyclic) bond motifs is 1. The van der Waals surface area contributed by atoms with E-state index in [1.807, 2.05) is 77.6 Å². The summed E-state index contributed by atoms with van der Waals surface area (Å²) in [5.74, 6) is 0.632. The lowest BCUT2D eigenvalue weighted by Crippen LogP contribution is -2.48. The number of nitrogens with zero attached hydrogens (tertiary/aromatic N) is 4. The third-order valence-electron chi connectivity index (χ3n) is 7.00. The zero-order valence-corrected chi connectivity index (χ0v) is 23.8. The van der Waals surface area contributed by atoms with Gasteiger partial charge < -0.3 is 9.64 Å². The molecule has 0 bridgehead atoms. The highest BCUT2D eigenvalue weighted by molar-refractivity contribution is 8.00. The van der Waals surface area contributed by atoms with Gasteiger partial charge in [0.1, 0.15) is 18.1 Å². The molecule has 200 valence electrons. The van der Waals surface area contributed by atoms with E-state index in [9.17, 15) is 9.59 Å². The number of thioether (sulfide) groups is 1. The largest absolute Gasteiger partial charge is 0.378 e. The number of benzene rings is 2. The number of carbonyl (C=O) groups is 2. The Morgan fingerprint density at radius 1 is 1.10 bits per heavy atom. The summed E-state index contributed by atoms with van der Waals surface area (Å²) in [5, 5.41) is 7.60. The minimum Gasteiger partial charge on any atom is -0.378 e. The molecule has 0 spiro atoms. The van der Waals surface area contributed by atoms with Crippen molar-refractivity contribution in [2.45, 2.75) is 12.2 Å². The quantitative estimate of drug-likeness (QED) is 0.309. The fourth-order valence-corrected chi connectivity index (χ4v) is 7.17. The number of aromatic nitrogens is 2. The number of amides is 2. The maximum Gasteiger partial charge on any atom is 0.242 e. The molecule has 2 aromatic heterocycles. The maximum atomic E-state index is 13.8. The lowest BCUT2D eigenvalue weighted by atomic mass is 10.0. The Hall–Kier alpha value is -3.11. The molecule has 1 atom stereocenters. The zero-order valence-electron chi connectivity index (χ0n) is 21.4. The third kappa shape index (κ3) is 5.12. The van der Waals surface area contributed by atoms with Crippen molar-refractivity contribution >= 4 is 52.3 Å². The molecule has 10 heteroatoms. The van der Waals surface area contributed by atoms with Gasteiger partial charge in [-0.25, -0.2) is 4.68 Å². The molecule has 0 radical (unpaired) electrons. The number of para-hydroxylation sites is 1. The van der Waals surface area contributed by atoms with E-state index < -0.39 is 0 Å². The molecule has 0 N–H and O–H groups in total. The van der Waals surface area contributed by atoms with E-state index in [-0.39, 0.29) is 29.4 Å². The van der Waals surface area contributed by atoms with Crippen LogP contribution in [0, 0.1) is 6.92 Å². The highest BCUT2D eigenvalue weighted by atomic mass is 35.5. The van der Waals surface area contributed by atoms with E-state index in [1.165, 1.54) is 0 Å². The predicted molar refractivity (Wildman–Crippen MR) is 157 cm³/mol. The molecule has 6 rings (SSSR count). The van der Waals surface area contributed by atoms with Gasteiger partial charge in [-0.05, 0) is 47.7 Å². The molecular weight excluding hydrogens is 552 g/mol. The molecule has 1 saturated heterocycles. The lowest BCUT2D eigenvalue weighted by Gasteiger charge is -2.30. The SMILES string of the molecule is Cc1ccccc1-n1nc(-c2cccs2)c2c1N(CC(=O)N1CCOCC1)C(=O)CS[C@H]2c1cccc(Cl)c1. The zero-order chi connectivity index (χ0) is 26.9. The number of rotatable bonds is 5. The Morgan fingerprint density at radius 3 is 2.67 bits per heavy atom. The van der Waals surface area contributed by atoms with Gasteiger partial charge in [0.05, 0.1) is 34.8 Å². The number of morpholine rings is 1. The van der Waals surface area contributed by atoms with Crippen LogP contribution in [0.2, 0.25) is 5.02 Å². The number of ether oxygens (including phenoxy) is 1. The fraction of sp³-hybridized carbons (Fsp3) is 0.276. The van der Waals surface area contributed by atoms with Crippen LogP contribution in [-0.4, -0.2) is 65.1 Å². The molecule has 39 heavy (non-hydrogen) atoms. The van der Waals surface area contributed by atoms with Crippen molar-refractivity contribution in [1.82, 2.24) is 14.7 Å². The predicted octanol–water partition coefficient (Wildman–Crippen LogP) is 5.59. The van der Waals surface area contributed by atoms with Crippen molar-refractivity contribution in [3.8, 4) is 16.3 Å². The molecule has 1 fully saturated rings. The van der Waals surface area contributed by atoms with Gasteiger partial charge in [0, 0.05) is 23.7 Å². The Bertz CT molecular complexity index is 1510. The van der Waals surface area contributed by atoms with Crippen molar-refractivity contribution in [3.05, 3.63) is 87.8 Å². The van der Waals surface area contributed by atoms with Gasteiger partial charge in [-0.2, -0.15) is 5.10 Å². The summed E-state index contributed by atoms with van der Waals surface area (Å²) in [6.45, 7) is 4.01. The first kappa shape index (κ1) is 26.1. The van der Waals surface area contributed by atoms with Gasteiger partial charge in [0.15, 0.2) is 0 Å². The molecule has 2 aromatic carbocycles. The standard InChI is InChI=1S/C29H27ClN4O3S2/c1-19-6-2-3-9-22(19)34-29-26(27(31-34)23-10-5-15-38-23)28(20-7-4-8-21(30)16-20)39-18-25(36)33(29)17-24(35)32-11-13-37-14-12-32/h2-10,15-16,28H,11-14,17-18H2,1H3/t28-/m0/s1. The monoisotopic (exact) mass is 578 g/mol. The van der Waals surface area contributed by atoms with Gasteiger partial charge in [-0.3, -0.25) is 14.5 Å². The topological polar surface area (TPSA) is 67.7 Å². The van der Waals surface area contributed by atoms with Crippen LogP contribution in [0.15, 0.2) is 66.0 Å². The summed E-state index contributed by atoms with van der Waals surface area (Å²) in [7, 11) is 0. The first-order valence-corrected chi connectivity index (χ1v) is 15.1. The van der Waals surface area contributed by atoms with Gasteiger partial charge in [0.2, 0.25) is 11.8 Å². The first-order chi connectivity index (χ1) is 19.0. The van der Waals surface area contributed by atoms with E-state index in [0.29, 0.717) is 37.1 Å². The number of anilines is 1. The summed E-state index contributed by atoms with van der Waals surface area (Å²) in [6.07, 6.45) is 0. The first-order valence-electron chi connectivity index (χ1n) is 12.8. The average molecular weight is 579 g/mol. The van der Waals surface area contributed by atoms with Crippen LogP contribution in [-0.2, 0) is 14.3 Å². The Labute approximate surface area is 240 Å². The Morgan fingerprint density at radius 2 is 1.92 bits per heavy atom. The number of hydrogen-bond acceptors (Lipinski definition) is 6. The lowest BCUT2D eigenvalue weighted by molar-refractivity contribution is -0.134. The van der Waals surface area contributed by atoms with E-state index >= 15 is 0 Å². The van der Waals surface area contributed by atoms with E-state index in [2.05, 4.69) is 0 Å². The minimum atomic E-state index is -0.207. The summed E-state index contributed by atoms with van der Waals surface area (Å²) >= 11 is 9.59. The van der Waals surface area contributed by atoms with Gasteiger partial charge >= 0.3 is 0 Å². The molecule has 2 aliphatic rings. The van der Waals surface area contributed by atoms with Crippen LogP contribution in [0.3, 0.4) is 0 Å². The Balaban J connectivity index is 1.59. The summed E-state index contributed by atoms with van der Waals surface area (Å²) in [6, 6.07) is 19.8. The number of hydrogen-bond donors (Lipinski definition) is 0. The molecule has 2 aliphatic heterocycles. The number of thiophene rings is 1. The second-order valence-electron chi connectivity index (χ2n) is 9.48. The maximum absolute atomic E-state index is 13.8. The van der Waals surface area contributed by atoms with Crippen LogP contribution >= 0.6 is 34.7 Å². The molecule has 0 unspecified atom stereocenters. The van der Waals surface area contributed by atoms with Crippen LogP contribution in [0.1, 0.15) is 21.9 Å². The van der Waals surface area contributed by atoms with Crippen LogP contribution < -0.4 is 4.90 Å². The van der Waals surface area contributed by atoms with Crippen LogP contribution in [0.25, 0.3) is 16.3 Å². The van der Waals surface area contributed by atoms with Crippen molar-refractivity contribution < 1.29 is 14.3 Å².